The molecule has 0 bridgehead atoms. The summed E-state index contributed by atoms with van der Waals surface area (Å²) in [7, 11) is 0. The Kier molecular flexibility index (Phi) is 5.62. The van der Waals surface area contributed by atoms with E-state index in [-0.39, 0.29) is 18.4 Å². The highest BCUT2D eigenvalue weighted by Gasteiger charge is 2.24. The molecule has 2 N–H and O–H groups in total. The van der Waals surface area contributed by atoms with Crippen LogP contribution in [0.2, 0.25) is 0 Å². The molecule has 4 aromatic rings. The van der Waals surface area contributed by atoms with Crippen LogP contribution in [0.15, 0.2) is 78.9 Å². The van der Waals surface area contributed by atoms with Crippen molar-refractivity contribution >= 4 is 34.0 Å². The smallest absolute Gasteiger partial charge is 0.262 e. The molecular formula is C26H21N3O3S. The van der Waals surface area contributed by atoms with Gasteiger partial charge in [-0.1, -0.05) is 60.7 Å². The number of carbonyl (C=O) groups excluding carboxylic acids is 2. The Bertz CT molecular complexity index is 1280. The Morgan fingerprint density at radius 3 is 2.36 bits per heavy atom. The van der Waals surface area contributed by atoms with Crippen LogP contribution < -0.4 is 15.4 Å². The molecule has 0 spiro atoms. The molecule has 7 heteroatoms. The van der Waals surface area contributed by atoms with Gasteiger partial charge in [0.1, 0.15) is 5.75 Å². The van der Waals surface area contributed by atoms with Crippen molar-refractivity contribution in [3.05, 3.63) is 94.9 Å². The number of rotatable bonds is 5. The lowest BCUT2D eigenvalue weighted by Gasteiger charge is -2.18. The molecule has 0 saturated heterocycles. The molecule has 33 heavy (non-hydrogen) atoms. The lowest BCUT2D eigenvalue weighted by molar-refractivity contribution is -0.118. The van der Waals surface area contributed by atoms with Gasteiger partial charge in [0.2, 0.25) is 5.91 Å². The second-order valence-electron chi connectivity index (χ2n) is 7.72. The van der Waals surface area contributed by atoms with Gasteiger partial charge in [0.25, 0.3) is 5.91 Å². The molecule has 0 atom stereocenters. The molecule has 0 saturated carbocycles. The Morgan fingerprint density at radius 1 is 1.03 bits per heavy atom. The summed E-state index contributed by atoms with van der Waals surface area (Å²) in [5.74, 6) is -0.140. The van der Waals surface area contributed by atoms with Crippen molar-refractivity contribution in [2.45, 2.75) is 12.8 Å². The zero-order valence-corrected chi connectivity index (χ0v) is 18.7. The third-order valence-electron chi connectivity index (χ3n) is 5.44. The van der Waals surface area contributed by atoms with Gasteiger partial charge < -0.3 is 15.4 Å². The van der Waals surface area contributed by atoms with Crippen LogP contribution in [0.4, 0.5) is 10.8 Å². The van der Waals surface area contributed by atoms with Crippen molar-refractivity contribution in [1.82, 2.24) is 4.98 Å². The molecule has 2 heterocycles. The van der Waals surface area contributed by atoms with Gasteiger partial charge in [-0.05, 0) is 36.2 Å². The summed E-state index contributed by atoms with van der Waals surface area (Å²) in [6, 6.07) is 25.0. The lowest BCUT2D eigenvalue weighted by atomic mass is 9.90. The zero-order valence-electron chi connectivity index (χ0n) is 17.9. The number of aryl methyl sites for hydroxylation is 1. The molecule has 5 rings (SSSR count). The van der Waals surface area contributed by atoms with Crippen molar-refractivity contribution in [2.75, 3.05) is 17.2 Å². The van der Waals surface area contributed by atoms with Crippen molar-refractivity contribution in [3.8, 4) is 17.0 Å². The van der Waals surface area contributed by atoms with E-state index in [1.807, 2.05) is 85.8 Å². The highest BCUT2D eigenvalue weighted by atomic mass is 32.1. The maximum absolute atomic E-state index is 13.4. The number of anilines is 2. The first-order valence-corrected chi connectivity index (χ1v) is 11.4. The van der Waals surface area contributed by atoms with Gasteiger partial charge in [-0.25, -0.2) is 4.98 Å². The van der Waals surface area contributed by atoms with Gasteiger partial charge in [0.05, 0.1) is 17.3 Å². The molecule has 1 aromatic heterocycles. The van der Waals surface area contributed by atoms with Crippen molar-refractivity contribution in [2.24, 2.45) is 0 Å². The molecule has 164 valence electrons. The number of nitrogens with one attached hydrogen (secondary N) is 2. The largest absolute Gasteiger partial charge is 0.482 e. The second-order valence-corrected chi connectivity index (χ2v) is 8.92. The van der Waals surface area contributed by atoms with Crippen LogP contribution in [-0.2, 0) is 9.59 Å². The summed E-state index contributed by atoms with van der Waals surface area (Å²) in [5.41, 5.74) is 4.06. The van der Waals surface area contributed by atoms with Crippen molar-refractivity contribution < 1.29 is 14.3 Å². The van der Waals surface area contributed by atoms with E-state index >= 15 is 0 Å². The predicted octanol–water partition coefficient (Wildman–Crippen LogP) is 5.22. The average Bonchev–Trinajstić information content (AvgIpc) is 3.20. The van der Waals surface area contributed by atoms with E-state index in [0.29, 0.717) is 16.6 Å². The molecule has 1 aliphatic rings. The van der Waals surface area contributed by atoms with Crippen LogP contribution in [0.3, 0.4) is 0 Å². The minimum absolute atomic E-state index is 0.0161. The fraction of sp³-hybridized carbons (Fsp3) is 0.115. The first-order chi connectivity index (χ1) is 16.1. The van der Waals surface area contributed by atoms with Crippen molar-refractivity contribution in [1.29, 1.82) is 0 Å². The molecule has 0 unspecified atom stereocenters. The lowest BCUT2D eigenvalue weighted by Crippen LogP contribution is -2.25. The summed E-state index contributed by atoms with van der Waals surface area (Å²) >= 11 is 1.42. The van der Waals surface area contributed by atoms with Gasteiger partial charge >= 0.3 is 0 Å². The monoisotopic (exact) mass is 455 g/mol. The third-order valence-corrected chi connectivity index (χ3v) is 6.33. The molecule has 0 aliphatic carbocycles. The summed E-state index contributed by atoms with van der Waals surface area (Å²) in [5, 5.41) is 6.37. The highest BCUT2D eigenvalue weighted by Crippen LogP contribution is 2.36. The molecule has 2 amide bonds. The third kappa shape index (κ3) is 4.36. The number of hydrogen-bond acceptors (Lipinski definition) is 5. The number of nitrogens with zero attached hydrogens (tertiary/aromatic N) is 1. The minimum atomic E-state index is -0.448. The van der Waals surface area contributed by atoms with Gasteiger partial charge in [-0.2, -0.15) is 0 Å². The van der Waals surface area contributed by atoms with Crippen LogP contribution in [0.5, 0.6) is 5.75 Å². The van der Waals surface area contributed by atoms with Gasteiger partial charge in [0.15, 0.2) is 11.7 Å². The normalized spacial score (nSPS) is 12.6. The molecule has 1 aliphatic heterocycles. The van der Waals surface area contributed by atoms with Gasteiger partial charge in [-0.3, -0.25) is 9.59 Å². The average molecular weight is 456 g/mol. The van der Waals surface area contributed by atoms with Crippen molar-refractivity contribution in [3.63, 3.8) is 0 Å². The zero-order chi connectivity index (χ0) is 22.8. The maximum Gasteiger partial charge on any atom is 0.262 e. The first kappa shape index (κ1) is 20.9. The quantitative estimate of drug-likeness (QED) is 0.432. The Hall–Kier alpha value is -3.97. The molecule has 6 nitrogen and oxygen atoms in total. The van der Waals surface area contributed by atoms with E-state index in [0.717, 1.165) is 27.3 Å². The molecule has 0 radical (unpaired) electrons. The summed E-state index contributed by atoms with van der Waals surface area (Å²) in [6.07, 6.45) is 0. The predicted molar refractivity (Wildman–Crippen MR) is 130 cm³/mol. The summed E-state index contributed by atoms with van der Waals surface area (Å²) in [4.78, 5) is 30.7. The number of ether oxygens (including phenoxy) is 1. The fourth-order valence-corrected chi connectivity index (χ4v) is 4.75. The summed E-state index contributed by atoms with van der Waals surface area (Å²) in [6.45, 7) is 1.98. The van der Waals surface area contributed by atoms with E-state index in [1.165, 1.54) is 11.3 Å². The number of aromatic nitrogens is 1. The van der Waals surface area contributed by atoms with E-state index in [1.54, 1.807) is 0 Å². The standard InChI is InChI=1S/C26H21N3O3S/c1-16-24(19-12-13-21-20(14-19)27-22(30)15-32-21)28-26(33-16)29-25(31)23(17-8-4-2-5-9-17)18-10-6-3-7-11-18/h2-14,23H,15H2,1H3,(H,27,30)(H,28,29,31). The Labute approximate surface area is 195 Å². The number of benzene rings is 3. The SMILES string of the molecule is Cc1sc(NC(=O)C(c2ccccc2)c2ccccc2)nc1-c1ccc2c(c1)NC(=O)CO2. The number of hydrogen-bond donors (Lipinski definition) is 2. The topological polar surface area (TPSA) is 80.3 Å². The number of thiazole rings is 1. The molecule has 0 fully saturated rings. The van der Waals surface area contributed by atoms with E-state index in [4.69, 9.17) is 9.72 Å². The van der Waals surface area contributed by atoms with Crippen LogP contribution in [0.1, 0.15) is 21.9 Å². The first-order valence-electron chi connectivity index (χ1n) is 10.5. The number of carbonyl (C=O) groups is 2. The maximum atomic E-state index is 13.4. The number of amides is 2. The molecular weight excluding hydrogens is 434 g/mol. The number of fused-ring (bicyclic) bond motifs is 1. The van der Waals surface area contributed by atoms with Crippen LogP contribution >= 0.6 is 11.3 Å². The minimum Gasteiger partial charge on any atom is -0.482 e. The van der Waals surface area contributed by atoms with E-state index in [9.17, 15) is 9.59 Å². The Morgan fingerprint density at radius 2 is 1.70 bits per heavy atom. The Balaban J connectivity index is 1.43. The second kappa shape index (κ2) is 8.88. The fourth-order valence-electron chi connectivity index (χ4n) is 3.91. The van der Waals surface area contributed by atoms with E-state index in [2.05, 4.69) is 10.6 Å². The van der Waals surface area contributed by atoms with Gasteiger partial charge in [-0.15, -0.1) is 11.3 Å². The van der Waals surface area contributed by atoms with Crippen LogP contribution in [0.25, 0.3) is 11.3 Å². The highest BCUT2D eigenvalue weighted by molar-refractivity contribution is 7.16. The van der Waals surface area contributed by atoms with Gasteiger partial charge in [0, 0.05) is 10.4 Å². The van der Waals surface area contributed by atoms with Crippen LogP contribution in [-0.4, -0.2) is 23.4 Å². The van der Waals surface area contributed by atoms with Crippen LogP contribution in [0, 0.1) is 6.92 Å². The summed E-state index contributed by atoms with van der Waals surface area (Å²) < 4.78 is 5.44. The van der Waals surface area contributed by atoms with E-state index < -0.39 is 5.92 Å². The molecule has 3 aromatic carbocycles.